The first-order chi connectivity index (χ1) is 8.13. The summed E-state index contributed by atoms with van der Waals surface area (Å²) in [6.07, 6.45) is 1.88. The van der Waals surface area contributed by atoms with Crippen molar-refractivity contribution in [3.8, 4) is 11.5 Å². The molecule has 2 heterocycles. The molecule has 0 atom stereocenters. The van der Waals surface area contributed by atoms with E-state index in [9.17, 15) is 0 Å². The quantitative estimate of drug-likeness (QED) is 0.669. The third-order valence-corrected chi connectivity index (χ3v) is 2.91. The number of nitrogens with zero attached hydrogens (tertiary/aromatic N) is 2. The molecule has 0 aliphatic heterocycles. The summed E-state index contributed by atoms with van der Waals surface area (Å²) in [4.78, 5) is 7.89. The third kappa shape index (κ3) is 1.58. The second-order valence-corrected chi connectivity index (χ2v) is 4.38. The van der Waals surface area contributed by atoms with E-state index in [1.807, 2.05) is 29.9 Å². The minimum atomic E-state index is 0.749. The molecule has 1 aromatic carbocycles. The lowest BCUT2D eigenvalue weighted by Gasteiger charge is -1.96. The van der Waals surface area contributed by atoms with E-state index < -0.39 is 0 Å². The van der Waals surface area contributed by atoms with Gasteiger partial charge in [0, 0.05) is 13.2 Å². The molecular formula is C13H14N4. The van der Waals surface area contributed by atoms with Crippen molar-refractivity contribution in [1.29, 1.82) is 0 Å². The zero-order valence-corrected chi connectivity index (χ0v) is 9.86. The van der Waals surface area contributed by atoms with Crippen LogP contribution in [-0.2, 0) is 7.05 Å². The molecule has 0 saturated carbocycles. The monoisotopic (exact) mass is 226 g/mol. The SMILES string of the molecule is Cc1ccc2nc(-c3cc(N)cn3C)[nH]c2c1. The van der Waals surface area contributed by atoms with Crippen molar-refractivity contribution in [2.24, 2.45) is 7.05 Å². The molecule has 0 bridgehead atoms. The molecule has 3 rings (SSSR count). The van der Waals surface area contributed by atoms with Gasteiger partial charge in [0.2, 0.25) is 0 Å². The van der Waals surface area contributed by atoms with Gasteiger partial charge in [0.05, 0.1) is 22.4 Å². The van der Waals surface area contributed by atoms with E-state index in [0.717, 1.165) is 28.2 Å². The minimum absolute atomic E-state index is 0.749. The number of rotatable bonds is 1. The Morgan fingerprint density at radius 3 is 2.82 bits per heavy atom. The van der Waals surface area contributed by atoms with Crippen LogP contribution in [0.3, 0.4) is 0 Å². The molecule has 0 aliphatic rings. The zero-order valence-electron chi connectivity index (χ0n) is 9.86. The van der Waals surface area contributed by atoms with Crippen LogP contribution >= 0.6 is 0 Å². The van der Waals surface area contributed by atoms with Crippen LogP contribution in [0.15, 0.2) is 30.5 Å². The highest BCUT2D eigenvalue weighted by molar-refractivity contribution is 5.79. The first-order valence-electron chi connectivity index (χ1n) is 5.52. The van der Waals surface area contributed by atoms with Crippen molar-refractivity contribution >= 4 is 16.7 Å². The zero-order chi connectivity index (χ0) is 12.0. The first-order valence-corrected chi connectivity index (χ1v) is 5.52. The van der Waals surface area contributed by atoms with E-state index in [1.165, 1.54) is 5.56 Å². The van der Waals surface area contributed by atoms with Gasteiger partial charge in [0.1, 0.15) is 0 Å². The smallest absolute Gasteiger partial charge is 0.155 e. The van der Waals surface area contributed by atoms with Crippen LogP contribution in [0.4, 0.5) is 5.69 Å². The van der Waals surface area contributed by atoms with Crippen molar-refractivity contribution in [2.75, 3.05) is 5.73 Å². The fourth-order valence-electron chi connectivity index (χ4n) is 2.07. The van der Waals surface area contributed by atoms with Crippen LogP contribution in [0, 0.1) is 6.92 Å². The second-order valence-electron chi connectivity index (χ2n) is 4.38. The topological polar surface area (TPSA) is 59.6 Å². The third-order valence-electron chi connectivity index (χ3n) is 2.91. The lowest BCUT2D eigenvalue weighted by molar-refractivity contribution is 0.928. The Bertz CT molecular complexity index is 691. The van der Waals surface area contributed by atoms with Crippen molar-refractivity contribution in [2.45, 2.75) is 6.92 Å². The van der Waals surface area contributed by atoms with E-state index in [4.69, 9.17) is 5.73 Å². The molecule has 0 unspecified atom stereocenters. The maximum atomic E-state index is 5.77. The average Bonchev–Trinajstić information content (AvgIpc) is 2.80. The number of benzene rings is 1. The number of aromatic nitrogens is 3. The van der Waals surface area contributed by atoms with Gasteiger partial charge in [-0.3, -0.25) is 0 Å². The normalized spacial score (nSPS) is 11.2. The number of H-pyrrole nitrogens is 1. The van der Waals surface area contributed by atoms with Gasteiger partial charge in [-0.25, -0.2) is 4.98 Å². The molecule has 86 valence electrons. The van der Waals surface area contributed by atoms with Gasteiger partial charge in [-0.2, -0.15) is 0 Å². The number of imidazole rings is 1. The van der Waals surface area contributed by atoms with Crippen molar-refractivity contribution in [3.63, 3.8) is 0 Å². The summed E-state index contributed by atoms with van der Waals surface area (Å²) in [6.45, 7) is 2.07. The summed E-state index contributed by atoms with van der Waals surface area (Å²) in [6, 6.07) is 8.10. The Kier molecular flexibility index (Phi) is 1.98. The van der Waals surface area contributed by atoms with Gasteiger partial charge in [-0.15, -0.1) is 0 Å². The van der Waals surface area contributed by atoms with Crippen LogP contribution in [-0.4, -0.2) is 14.5 Å². The number of aryl methyl sites for hydroxylation is 2. The van der Waals surface area contributed by atoms with E-state index in [0.29, 0.717) is 0 Å². The number of nitrogens with one attached hydrogen (secondary N) is 1. The predicted octanol–water partition coefficient (Wildman–Crippen LogP) is 2.46. The van der Waals surface area contributed by atoms with Crippen LogP contribution in [0.2, 0.25) is 0 Å². The summed E-state index contributed by atoms with van der Waals surface area (Å²) in [5.41, 5.74) is 10.8. The van der Waals surface area contributed by atoms with Gasteiger partial charge < -0.3 is 15.3 Å². The maximum Gasteiger partial charge on any atom is 0.155 e. The number of fused-ring (bicyclic) bond motifs is 1. The summed E-state index contributed by atoms with van der Waals surface area (Å²) < 4.78 is 1.97. The Labute approximate surface area is 99.1 Å². The van der Waals surface area contributed by atoms with Gasteiger partial charge >= 0.3 is 0 Å². The summed E-state index contributed by atoms with van der Waals surface area (Å²) in [5.74, 6) is 0.852. The molecule has 3 N–H and O–H groups in total. The molecule has 0 fully saturated rings. The lowest BCUT2D eigenvalue weighted by atomic mass is 10.2. The van der Waals surface area contributed by atoms with Gasteiger partial charge in [-0.05, 0) is 30.7 Å². The second kappa shape index (κ2) is 3.38. The van der Waals surface area contributed by atoms with Crippen molar-refractivity contribution in [3.05, 3.63) is 36.0 Å². The van der Waals surface area contributed by atoms with Gasteiger partial charge in [0.15, 0.2) is 5.82 Å². The van der Waals surface area contributed by atoms with E-state index in [2.05, 4.69) is 29.0 Å². The number of hydrogen-bond donors (Lipinski definition) is 2. The van der Waals surface area contributed by atoms with Crippen LogP contribution in [0.5, 0.6) is 0 Å². The fraction of sp³-hybridized carbons (Fsp3) is 0.154. The molecule has 0 amide bonds. The number of nitrogen functional groups attached to an aromatic ring is 1. The number of aromatic amines is 1. The highest BCUT2D eigenvalue weighted by Gasteiger charge is 2.09. The average molecular weight is 226 g/mol. The predicted molar refractivity (Wildman–Crippen MR) is 69.7 cm³/mol. The molecule has 4 nitrogen and oxygen atoms in total. The molecule has 2 aromatic heterocycles. The Morgan fingerprint density at radius 1 is 1.29 bits per heavy atom. The van der Waals surface area contributed by atoms with Crippen molar-refractivity contribution < 1.29 is 0 Å². The molecule has 17 heavy (non-hydrogen) atoms. The molecule has 0 spiro atoms. The van der Waals surface area contributed by atoms with Crippen LogP contribution in [0.25, 0.3) is 22.6 Å². The molecule has 4 heteroatoms. The highest BCUT2D eigenvalue weighted by atomic mass is 15.0. The van der Waals surface area contributed by atoms with Gasteiger partial charge in [0.25, 0.3) is 0 Å². The number of anilines is 1. The summed E-state index contributed by atoms with van der Waals surface area (Å²) in [5, 5.41) is 0. The van der Waals surface area contributed by atoms with Crippen LogP contribution < -0.4 is 5.73 Å². The minimum Gasteiger partial charge on any atom is -0.397 e. The number of nitrogens with two attached hydrogens (primary N) is 1. The van der Waals surface area contributed by atoms with E-state index in [-0.39, 0.29) is 0 Å². The van der Waals surface area contributed by atoms with Crippen LogP contribution in [0.1, 0.15) is 5.56 Å². The summed E-state index contributed by atoms with van der Waals surface area (Å²) >= 11 is 0. The fourth-order valence-corrected chi connectivity index (χ4v) is 2.07. The molecule has 0 saturated heterocycles. The first kappa shape index (κ1) is 9.96. The molecule has 0 radical (unpaired) electrons. The molecular weight excluding hydrogens is 212 g/mol. The standard InChI is InChI=1S/C13H14N4/c1-8-3-4-10-11(5-8)16-13(15-10)12-6-9(14)7-17(12)2/h3-7H,14H2,1-2H3,(H,15,16). The Morgan fingerprint density at radius 2 is 2.12 bits per heavy atom. The summed E-state index contributed by atoms with van der Waals surface area (Å²) in [7, 11) is 1.96. The Hall–Kier alpha value is -2.23. The van der Waals surface area contributed by atoms with E-state index >= 15 is 0 Å². The molecule has 3 aromatic rings. The Balaban J connectivity index is 2.21. The van der Waals surface area contributed by atoms with E-state index in [1.54, 1.807) is 0 Å². The maximum absolute atomic E-state index is 5.77. The number of hydrogen-bond acceptors (Lipinski definition) is 2. The van der Waals surface area contributed by atoms with Gasteiger partial charge in [-0.1, -0.05) is 6.07 Å². The largest absolute Gasteiger partial charge is 0.397 e. The lowest BCUT2D eigenvalue weighted by Crippen LogP contribution is -1.90. The highest BCUT2D eigenvalue weighted by Crippen LogP contribution is 2.23. The van der Waals surface area contributed by atoms with Crippen molar-refractivity contribution in [1.82, 2.24) is 14.5 Å². The molecule has 0 aliphatic carbocycles.